The van der Waals surface area contributed by atoms with Crippen molar-refractivity contribution >= 4 is 28.1 Å². The highest BCUT2D eigenvalue weighted by atomic mass is 19.1. The van der Waals surface area contributed by atoms with Crippen LogP contribution in [0.25, 0.3) is 38.9 Å². The summed E-state index contributed by atoms with van der Waals surface area (Å²) >= 11 is 0. The maximum atomic E-state index is 14.5. The zero-order valence-electron chi connectivity index (χ0n) is 21.4. The molecule has 3 aromatic heterocycles. The zero-order valence-corrected chi connectivity index (χ0v) is 21.4. The Morgan fingerprint density at radius 2 is 1.79 bits per heavy atom. The van der Waals surface area contributed by atoms with Crippen LogP contribution in [-0.4, -0.2) is 50.9 Å². The average Bonchev–Trinajstić information content (AvgIpc) is 3.32. The number of hydrogen-bond acceptors (Lipinski definition) is 4. The molecular weight excluding hydrogens is 484 g/mol. The lowest BCUT2D eigenvalue weighted by atomic mass is 10.0. The maximum absolute atomic E-state index is 14.5. The van der Waals surface area contributed by atoms with Gasteiger partial charge in [0.05, 0.1) is 11.9 Å². The molecule has 6 rings (SSSR count). The number of hydrogen-bond donors (Lipinski definition) is 0. The molecule has 1 aliphatic rings. The first-order valence-electron chi connectivity index (χ1n) is 12.6. The van der Waals surface area contributed by atoms with Gasteiger partial charge >= 0.3 is 0 Å². The molecular formula is C30H27F2N5O. The molecule has 2 aromatic carbocycles. The van der Waals surface area contributed by atoms with Crippen LogP contribution in [-0.2, 0) is 4.79 Å². The third-order valence-corrected chi connectivity index (χ3v) is 7.35. The fourth-order valence-corrected chi connectivity index (χ4v) is 5.48. The summed E-state index contributed by atoms with van der Waals surface area (Å²) in [5, 5.41) is 0.410. The number of rotatable bonds is 3. The lowest BCUT2D eigenvalue weighted by molar-refractivity contribution is -0.131. The number of benzene rings is 2. The molecule has 38 heavy (non-hydrogen) atoms. The largest absolute Gasteiger partial charge is 0.368 e. The Morgan fingerprint density at radius 1 is 1.00 bits per heavy atom. The number of anilines is 1. The normalized spacial score (nSPS) is 16.0. The molecule has 1 fully saturated rings. The number of imidazole rings is 1. The highest BCUT2D eigenvalue weighted by Crippen LogP contribution is 2.32. The molecule has 6 nitrogen and oxygen atoms in total. The van der Waals surface area contributed by atoms with E-state index in [-0.39, 0.29) is 17.5 Å². The van der Waals surface area contributed by atoms with Crippen molar-refractivity contribution in [2.75, 3.05) is 24.5 Å². The molecule has 0 aliphatic carbocycles. The Bertz CT molecular complexity index is 1700. The lowest BCUT2D eigenvalue weighted by Gasteiger charge is -2.40. The van der Waals surface area contributed by atoms with Gasteiger partial charge in [-0.05, 0) is 61.4 Å². The number of aryl methyl sites for hydroxylation is 1. The molecule has 0 spiro atoms. The SMILES string of the molecule is CC(=O)N1CCN(c2ccc(-c3ccn4c(-c5cc(C)nc6c(F)cc(F)cc56)cnc4c3)cc2)C[C@@H]1C. The van der Waals surface area contributed by atoms with E-state index in [2.05, 4.69) is 46.1 Å². The summed E-state index contributed by atoms with van der Waals surface area (Å²) in [4.78, 5) is 24.9. The smallest absolute Gasteiger partial charge is 0.219 e. The summed E-state index contributed by atoms with van der Waals surface area (Å²) in [5.74, 6) is -1.20. The van der Waals surface area contributed by atoms with Crippen LogP contribution in [0, 0.1) is 18.6 Å². The van der Waals surface area contributed by atoms with Gasteiger partial charge in [0.25, 0.3) is 0 Å². The Kier molecular flexibility index (Phi) is 5.82. The number of carbonyl (C=O) groups excluding carboxylic acids is 1. The predicted molar refractivity (Wildman–Crippen MR) is 145 cm³/mol. The maximum Gasteiger partial charge on any atom is 0.219 e. The minimum Gasteiger partial charge on any atom is -0.368 e. The summed E-state index contributed by atoms with van der Waals surface area (Å²) in [6, 6.07) is 16.6. The van der Waals surface area contributed by atoms with E-state index >= 15 is 0 Å². The quantitative estimate of drug-likeness (QED) is 0.305. The van der Waals surface area contributed by atoms with Gasteiger partial charge in [-0.2, -0.15) is 0 Å². The van der Waals surface area contributed by atoms with E-state index in [4.69, 9.17) is 0 Å². The van der Waals surface area contributed by atoms with Crippen LogP contribution in [0.2, 0.25) is 0 Å². The fraction of sp³-hybridized carbons (Fsp3) is 0.233. The number of carbonyl (C=O) groups is 1. The molecule has 1 amide bonds. The monoisotopic (exact) mass is 511 g/mol. The van der Waals surface area contributed by atoms with Crippen LogP contribution in [0.15, 0.2) is 67.0 Å². The topological polar surface area (TPSA) is 53.7 Å². The first kappa shape index (κ1) is 24.0. The molecule has 0 bridgehead atoms. The molecule has 0 saturated carbocycles. The van der Waals surface area contributed by atoms with Gasteiger partial charge in [-0.15, -0.1) is 0 Å². The third kappa shape index (κ3) is 4.16. The number of piperazine rings is 1. The van der Waals surface area contributed by atoms with Gasteiger partial charge in [0.2, 0.25) is 5.91 Å². The molecule has 8 heteroatoms. The van der Waals surface area contributed by atoms with E-state index in [9.17, 15) is 13.6 Å². The Hall–Kier alpha value is -4.33. The van der Waals surface area contributed by atoms with E-state index in [0.717, 1.165) is 53.9 Å². The summed E-state index contributed by atoms with van der Waals surface area (Å²) in [6.45, 7) is 7.84. The zero-order chi connectivity index (χ0) is 26.6. The Balaban J connectivity index is 1.31. The van der Waals surface area contributed by atoms with Crippen molar-refractivity contribution in [3.63, 3.8) is 0 Å². The molecule has 1 aliphatic heterocycles. The van der Waals surface area contributed by atoms with Gasteiger partial charge in [-0.1, -0.05) is 12.1 Å². The van der Waals surface area contributed by atoms with Crippen molar-refractivity contribution in [3.05, 3.63) is 84.3 Å². The van der Waals surface area contributed by atoms with Gasteiger partial charge < -0.3 is 9.80 Å². The number of amides is 1. The summed E-state index contributed by atoms with van der Waals surface area (Å²) < 4.78 is 30.5. The second-order valence-electron chi connectivity index (χ2n) is 9.94. The van der Waals surface area contributed by atoms with Gasteiger partial charge in [0, 0.05) is 67.2 Å². The van der Waals surface area contributed by atoms with Crippen molar-refractivity contribution in [2.45, 2.75) is 26.8 Å². The molecule has 1 atom stereocenters. The second-order valence-corrected chi connectivity index (χ2v) is 9.94. The van der Waals surface area contributed by atoms with Gasteiger partial charge in [-0.25, -0.2) is 18.7 Å². The molecule has 0 radical (unpaired) electrons. The number of fused-ring (bicyclic) bond motifs is 2. The highest BCUT2D eigenvalue weighted by Gasteiger charge is 2.25. The number of aromatic nitrogens is 3. The molecule has 0 unspecified atom stereocenters. The molecule has 4 heterocycles. The van der Waals surface area contributed by atoms with Crippen molar-refractivity contribution in [3.8, 4) is 22.4 Å². The van der Waals surface area contributed by atoms with Crippen molar-refractivity contribution < 1.29 is 13.6 Å². The lowest BCUT2D eigenvalue weighted by Crippen LogP contribution is -2.53. The van der Waals surface area contributed by atoms with Crippen LogP contribution in [0.3, 0.4) is 0 Å². The van der Waals surface area contributed by atoms with E-state index in [1.165, 1.54) is 6.07 Å². The molecule has 5 aromatic rings. The Labute approximate surface area is 219 Å². The van der Waals surface area contributed by atoms with Gasteiger partial charge in [0.15, 0.2) is 5.82 Å². The van der Waals surface area contributed by atoms with Crippen LogP contribution < -0.4 is 4.90 Å². The van der Waals surface area contributed by atoms with E-state index in [1.807, 2.05) is 33.7 Å². The van der Waals surface area contributed by atoms with Crippen molar-refractivity contribution in [1.29, 1.82) is 0 Å². The molecule has 1 saturated heterocycles. The number of halogens is 2. The van der Waals surface area contributed by atoms with Crippen molar-refractivity contribution in [2.24, 2.45) is 0 Å². The van der Waals surface area contributed by atoms with Gasteiger partial charge in [-0.3, -0.25) is 9.20 Å². The summed E-state index contributed by atoms with van der Waals surface area (Å²) in [7, 11) is 0. The van der Waals surface area contributed by atoms with Crippen LogP contribution in [0.1, 0.15) is 19.5 Å². The molecule has 0 N–H and O–H groups in total. The summed E-state index contributed by atoms with van der Waals surface area (Å²) in [5.41, 5.74) is 6.14. The Morgan fingerprint density at radius 3 is 2.53 bits per heavy atom. The first-order valence-corrected chi connectivity index (χ1v) is 12.6. The predicted octanol–water partition coefficient (Wildman–Crippen LogP) is 5.86. The third-order valence-electron chi connectivity index (χ3n) is 7.35. The first-order chi connectivity index (χ1) is 18.3. The van der Waals surface area contributed by atoms with Crippen LogP contribution in [0.5, 0.6) is 0 Å². The number of nitrogens with zero attached hydrogens (tertiary/aromatic N) is 5. The molecule has 192 valence electrons. The van der Waals surface area contributed by atoms with Crippen LogP contribution >= 0.6 is 0 Å². The average molecular weight is 512 g/mol. The minimum atomic E-state index is -0.681. The standard InChI is InChI=1S/C30H27F2N5O/c1-18-12-25(26-14-23(31)15-27(32)30(26)34-18)28-16-33-29-13-22(8-9-37(28)29)21-4-6-24(7-5-21)35-10-11-36(20(3)38)19(2)17-35/h4-9,12-16,19H,10-11,17H2,1-3H3/t19-/m0/s1. The van der Waals surface area contributed by atoms with Gasteiger partial charge in [0.1, 0.15) is 17.0 Å². The van der Waals surface area contributed by atoms with E-state index in [1.54, 1.807) is 20.0 Å². The second kappa shape index (κ2) is 9.20. The highest BCUT2D eigenvalue weighted by molar-refractivity contribution is 5.94. The van der Waals surface area contributed by atoms with Crippen molar-refractivity contribution in [1.82, 2.24) is 19.3 Å². The summed E-state index contributed by atoms with van der Waals surface area (Å²) in [6.07, 6.45) is 3.65. The fourth-order valence-electron chi connectivity index (χ4n) is 5.48. The number of pyridine rings is 2. The minimum absolute atomic E-state index is 0.122. The van der Waals surface area contributed by atoms with E-state index < -0.39 is 11.6 Å². The van der Waals surface area contributed by atoms with Crippen LogP contribution in [0.4, 0.5) is 14.5 Å². The van der Waals surface area contributed by atoms with E-state index in [0.29, 0.717) is 16.6 Å².